The van der Waals surface area contributed by atoms with Crippen molar-refractivity contribution in [1.82, 2.24) is 15.2 Å². The number of nitrogens with one attached hydrogen (secondary N) is 3. The maximum atomic E-state index is 13.4. The van der Waals surface area contributed by atoms with Gasteiger partial charge in [0.05, 0.1) is 29.2 Å². The lowest BCUT2D eigenvalue weighted by Gasteiger charge is -2.24. The smallest absolute Gasteiger partial charge is 0.255 e. The number of anilines is 2. The number of hydrogen-bond acceptors (Lipinski definition) is 8. The van der Waals surface area contributed by atoms with E-state index in [-0.39, 0.29) is 11.3 Å². The number of benzene rings is 2. The van der Waals surface area contributed by atoms with Crippen LogP contribution >= 0.6 is 23.5 Å². The summed E-state index contributed by atoms with van der Waals surface area (Å²) in [6.45, 7) is 8.76. The van der Waals surface area contributed by atoms with E-state index < -0.39 is 0 Å². The van der Waals surface area contributed by atoms with Gasteiger partial charge < -0.3 is 29.7 Å². The van der Waals surface area contributed by atoms with Crippen LogP contribution < -0.4 is 24.8 Å². The first kappa shape index (κ1) is 30.6. The Balaban J connectivity index is 1.81. The van der Waals surface area contributed by atoms with E-state index in [2.05, 4.69) is 46.0 Å². The second kappa shape index (κ2) is 13.9. The molecule has 2 aromatic carbocycles. The molecule has 210 valence electrons. The van der Waals surface area contributed by atoms with E-state index in [4.69, 9.17) is 21.1 Å². The molecule has 3 aromatic rings. The van der Waals surface area contributed by atoms with Gasteiger partial charge in [0.15, 0.2) is 5.75 Å². The number of carbonyl (C=O) groups is 1. The molecule has 0 radical (unpaired) electrons. The van der Waals surface area contributed by atoms with Crippen molar-refractivity contribution in [3.05, 3.63) is 70.5 Å². The number of amides is 1. The molecule has 0 unspecified atom stereocenters. The van der Waals surface area contributed by atoms with Gasteiger partial charge in [-0.15, -0.1) is 0 Å². The van der Waals surface area contributed by atoms with Crippen molar-refractivity contribution in [2.45, 2.75) is 32.7 Å². The van der Waals surface area contributed by atoms with E-state index in [1.807, 2.05) is 38.6 Å². The fourth-order valence-corrected chi connectivity index (χ4v) is 4.27. The summed E-state index contributed by atoms with van der Waals surface area (Å²) in [6.07, 6.45) is 3.63. The van der Waals surface area contributed by atoms with Crippen LogP contribution in [0.4, 0.5) is 11.4 Å². The number of nitrogens with zero attached hydrogens (tertiary/aromatic N) is 2. The van der Waals surface area contributed by atoms with Gasteiger partial charge in [0.1, 0.15) is 11.5 Å². The Morgan fingerprint density at radius 1 is 1.10 bits per heavy atom. The van der Waals surface area contributed by atoms with E-state index in [0.717, 1.165) is 30.0 Å². The summed E-state index contributed by atoms with van der Waals surface area (Å²) in [5, 5.41) is 6.77. The molecule has 39 heavy (non-hydrogen) atoms. The average Bonchev–Trinajstić information content (AvgIpc) is 2.87. The maximum absolute atomic E-state index is 13.4. The van der Waals surface area contributed by atoms with Gasteiger partial charge in [-0.2, -0.15) is 0 Å². The molecule has 1 heterocycles. The minimum Gasteiger partial charge on any atom is -0.492 e. The Labute approximate surface area is 241 Å². The van der Waals surface area contributed by atoms with Gasteiger partial charge in [-0.1, -0.05) is 44.3 Å². The average molecular weight is 572 g/mol. The van der Waals surface area contributed by atoms with Crippen molar-refractivity contribution in [3.63, 3.8) is 0 Å². The van der Waals surface area contributed by atoms with Crippen molar-refractivity contribution in [1.29, 1.82) is 0 Å². The third-order valence-electron chi connectivity index (χ3n) is 5.87. The molecule has 0 saturated heterocycles. The Morgan fingerprint density at radius 3 is 2.51 bits per heavy atom. The van der Waals surface area contributed by atoms with Crippen LogP contribution in [0.25, 0.3) is 0 Å². The topological polar surface area (TPSA) is 87.8 Å². The first-order chi connectivity index (χ1) is 18.5. The van der Waals surface area contributed by atoms with Gasteiger partial charge in [0.25, 0.3) is 5.91 Å². The van der Waals surface area contributed by atoms with E-state index in [9.17, 15) is 4.79 Å². The zero-order valence-electron chi connectivity index (χ0n) is 23.6. The summed E-state index contributed by atoms with van der Waals surface area (Å²) in [4.78, 5) is 19.9. The molecule has 1 amide bonds. The Hall–Kier alpha value is -2.98. The lowest BCUT2D eigenvalue weighted by atomic mass is 9.86. The van der Waals surface area contributed by atoms with Gasteiger partial charge in [-0.25, -0.2) is 0 Å². The minimum absolute atomic E-state index is 0.132. The van der Waals surface area contributed by atoms with Crippen LogP contribution in [0.1, 0.15) is 42.4 Å². The standard InChI is InChI=1S/C29H38ClN5O3S/c1-29(2,3)20-15-24(27(37-6)25(16-20)34-39-7)33-28(36)19-8-9-23(30)26(14-19)38-22-10-11-32-21(17-22)18-31-12-13-35(4)5/h8-11,14-17,31,34H,12-13,18H2,1-7H3,(H,33,36). The predicted octanol–water partition coefficient (Wildman–Crippen LogP) is 6.43. The monoisotopic (exact) mass is 571 g/mol. The minimum atomic E-state index is -0.309. The van der Waals surface area contributed by atoms with Gasteiger partial charge in [0.2, 0.25) is 0 Å². The van der Waals surface area contributed by atoms with Crippen molar-refractivity contribution < 1.29 is 14.3 Å². The van der Waals surface area contributed by atoms with Crippen molar-refractivity contribution in [2.24, 2.45) is 0 Å². The molecule has 0 aliphatic rings. The fourth-order valence-electron chi connectivity index (χ4n) is 3.74. The molecule has 0 saturated carbocycles. The normalized spacial score (nSPS) is 11.4. The van der Waals surface area contributed by atoms with E-state index in [0.29, 0.717) is 40.1 Å². The van der Waals surface area contributed by atoms with Crippen molar-refractivity contribution in [3.8, 4) is 17.2 Å². The molecule has 3 N–H and O–H groups in total. The predicted molar refractivity (Wildman–Crippen MR) is 163 cm³/mol. The fraction of sp³-hybridized carbons (Fsp3) is 0.379. The van der Waals surface area contributed by atoms with Gasteiger partial charge >= 0.3 is 0 Å². The summed E-state index contributed by atoms with van der Waals surface area (Å²) in [5.74, 6) is 1.21. The highest BCUT2D eigenvalue weighted by atomic mass is 35.5. The maximum Gasteiger partial charge on any atom is 0.255 e. The summed E-state index contributed by atoms with van der Waals surface area (Å²) < 4.78 is 15.0. The molecule has 0 fully saturated rings. The zero-order chi connectivity index (χ0) is 28.6. The van der Waals surface area contributed by atoms with E-state index >= 15 is 0 Å². The molecule has 10 heteroatoms. The number of likely N-dealkylation sites (N-methyl/N-ethyl adjacent to an activating group) is 1. The molecular formula is C29H38ClN5O3S. The summed E-state index contributed by atoms with van der Waals surface area (Å²) in [5.41, 5.74) is 3.53. The van der Waals surface area contributed by atoms with Crippen LogP contribution in [0.3, 0.4) is 0 Å². The molecule has 0 spiro atoms. The summed E-state index contributed by atoms with van der Waals surface area (Å²) >= 11 is 7.89. The number of carbonyl (C=O) groups excluding carboxylic acids is 1. The highest BCUT2D eigenvalue weighted by Crippen LogP contribution is 2.40. The second-order valence-electron chi connectivity index (χ2n) is 10.3. The first-order valence-corrected chi connectivity index (χ1v) is 14.2. The van der Waals surface area contributed by atoms with Crippen LogP contribution in [0.5, 0.6) is 17.2 Å². The molecule has 8 nitrogen and oxygen atoms in total. The van der Waals surface area contributed by atoms with E-state index in [1.165, 1.54) is 11.9 Å². The van der Waals surface area contributed by atoms with Crippen LogP contribution in [0.15, 0.2) is 48.7 Å². The molecule has 3 rings (SSSR count). The van der Waals surface area contributed by atoms with Crippen molar-refractivity contribution in [2.75, 3.05) is 50.6 Å². The highest BCUT2D eigenvalue weighted by molar-refractivity contribution is 7.99. The molecular weight excluding hydrogens is 534 g/mol. The van der Waals surface area contributed by atoms with Gasteiger partial charge in [-0.3, -0.25) is 9.78 Å². The Kier molecular flexibility index (Phi) is 10.9. The lowest BCUT2D eigenvalue weighted by molar-refractivity contribution is 0.102. The zero-order valence-corrected chi connectivity index (χ0v) is 25.2. The number of pyridine rings is 1. The third-order valence-corrected chi connectivity index (χ3v) is 6.61. The van der Waals surface area contributed by atoms with Crippen LogP contribution in [0.2, 0.25) is 5.02 Å². The second-order valence-corrected chi connectivity index (χ2v) is 11.3. The quantitative estimate of drug-likeness (QED) is 0.169. The van der Waals surface area contributed by atoms with Crippen LogP contribution in [0, 0.1) is 0 Å². The number of methoxy groups -OCH3 is 1. The summed E-state index contributed by atoms with van der Waals surface area (Å²) in [7, 11) is 5.65. The van der Waals surface area contributed by atoms with Crippen LogP contribution in [-0.4, -0.2) is 56.3 Å². The molecule has 1 aromatic heterocycles. The van der Waals surface area contributed by atoms with Gasteiger partial charge in [0, 0.05) is 43.7 Å². The lowest BCUT2D eigenvalue weighted by Crippen LogP contribution is -2.26. The molecule has 0 aliphatic carbocycles. The third kappa shape index (κ3) is 8.76. The Bertz CT molecular complexity index is 1280. The number of hydrogen-bond donors (Lipinski definition) is 3. The molecule has 0 bridgehead atoms. The number of ether oxygens (including phenoxy) is 2. The SMILES string of the molecule is COc1c(NSC)cc(C(C)(C)C)cc1NC(=O)c1ccc(Cl)c(Oc2ccnc(CNCCN(C)C)c2)c1. The van der Waals surface area contributed by atoms with Gasteiger partial charge in [-0.05, 0) is 61.5 Å². The molecule has 0 aliphatic heterocycles. The Morgan fingerprint density at radius 2 is 1.85 bits per heavy atom. The first-order valence-electron chi connectivity index (χ1n) is 12.6. The number of rotatable bonds is 12. The number of aromatic nitrogens is 1. The van der Waals surface area contributed by atoms with Crippen molar-refractivity contribution >= 4 is 40.8 Å². The molecule has 0 atom stereocenters. The largest absolute Gasteiger partial charge is 0.492 e. The van der Waals surface area contributed by atoms with Crippen LogP contribution in [-0.2, 0) is 12.0 Å². The highest BCUT2D eigenvalue weighted by Gasteiger charge is 2.21. The number of halogens is 1. The summed E-state index contributed by atoms with van der Waals surface area (Å²) in [6, 6.07) is 12.6. The van der Waals surface area contributed by atoms with E-state index in [1.54, 1.807) is 37.6 Å².